The quantitative estimate of drug-likeness (QED) is 0.771. The second kappa shape index (κ2) is 8.82. The van der Waals surface area contributed by atoms with Gasteiger partial charge in [0.2, 0.25) is 5.91 Å². The molecule has 7 heteroatoms. The average molecular weight is 419 g/mol. The Morgan fingerprint density at radius 3 is 2.41 bits per heavy atom. The van der Waals surface area contributed by atoms with Crippen LogP contribution < -0.4 is 10.5 Å². The first-order valence-electron chi connectivity index (χ1n) is 9.50. The van der Waals surface area contributed by atoms with Crippen molar-refractivity contribution in [3.8, 4) is 5.75 Å². The summed E-state index contributed by atoms with van der Waals surface area (Å²) in [6, 6.07) is 11.5. The summed E-state index contributed by atoms with van der Waals surface area (Å²) in [5.74, 6) is -0.348. The molecule has 0 aliphatic carbocycles. The molecule has 154 valence electrons. The molecule has 0 atom stereocenters. The lowest BCUT2D eigenvalue weighted by molar-refractivity contribution is -0.121. The lowest BCUT2D eigenvalue weighted by Crippen LogP contribution is -2.47. The number of primary amides is 1. The molecular weight excluding hydrogens is 395 g/mol. The highest BCUT2D eigenvalue weighted by Gasteiger charge is 2.38. The van der Waals surface area contributed by atoms with Gasteiger partial charge in [0.15, 0.2) is 0 Å². The Balaban J connectivity index is 1.66. The van der Waals surface area contributed by atoms with E-state index in [0.29, 0.717) is 54.4 Å². The minimum Gasteiger partial charge on any atom is -0.493 e. The molecular formula is C22H24ClFN2O3. The summed E-state index contributed by atoms with van der Waals surface area (Å²) in [4.78, 5) is 26.1. The van der Waals surface area contributed by atoms with Gasteiger partial charge in [-0.05, 0) is 61.7 Å². The number of piperidine rings is 1. The fourth-order valence-corrected chi connectivity index (χ4v) is 3.73. The van der Waals surface area contributed by atoms with Gasteiger partial charge in [0.05, 0.1) is 6.61 Å². The first-order chi connectivity index (χ1) is 13.8. The van der Waals surface area contributed by atoms with E-state index in [1.165, 1.54) is 6.07 Å². The molecule has 2 aromatic rings. The number of likely N-dealkylation sites (tertiary alicyclic amines) is 1. The first-order valence-corrected chi connectivity index (χ1v) is 9.88. The lowest BCUT2D eigenvalue weighted by atomic mass is 9.76. The summed E-state index contributed by atoms with van der Waals surface area (Å²) in [5, 5.41) is 0.614. The fraction of sp³-hybridized carbons (Fsp3) is 0.364. The van der Waals surface area contributed by atoms with Crippen molar-refractivity contribution in [2.75, 3.05) is 19.7 Å². The number of benzene rings is 2. The van der Waals surface area contributed by atoms with Crippen molar-refractivity contribution in [1.29, 1.82) is 0 Å². The number of hydrogen-bond acceptors (Lipinski definition) is 3. The van der Waals surface area contributed by atoms with E-state index in [4.69, 9.17) is 22.1 Å². The predicted molar refractivity (Wildman–Crippen MR) is 109 cm³/mol. The van der Waals surface area contributed by atoms with Gasteiger partial charge in [-0.25, -0.2) is 4.39 Å². The average Bonchev–Trinajstić information content (AvgIpc) is 2.69. The zero-order chi connectivity index (χ0) is 21.0. The van der Waals surface area contributed by atoms with E-state index in [1.54, 1.807) is 48.2 Å². The molecule has 1 fully saturated rings. The number of nitrogens with two attached hydrogens (primary N) is 1. The molecule has 2 amide bonds. The molecule has 1 saturated heterocycles. The summed E-state index contributed by atoms with van der Waals surface area (Å²) in [7, 11) is 0. The molecule has 2 aromatic carbocycles. The van der Waals surface area contributed by atoms with Crippen LogP contribution in [0.25, 0.3) is 0 Å². The van der Waals surface area contributed by atoms with E-state index < -0.39 is 17.1 Å². The van der Waals surface area contributed by atoms with E-state index in [1.807, 2.05) is 0 Å². The number of aryl methyl sites for hydroxylation is 1. The van der Waals surface area contributed by atoms with Crippen LogP contribution in [-0.4, -0.2) is 36.4 Å². The third-order valence-electron chi connectivity index (χ3n) is 5.44. The van der Waals surface area contributed by atoms with E-state index in [2.05, 4.69) is 0 Å². The maximum absolute atomic E-state index is 13.8. The Hall–Kier alpha value is -2.60. The fourth-order valence-electron chi connectivity index (χ4n) is 3.60. The number of amides is 2. The van der Waals surface area contributed by atoms with Crippen LogP contribution in [0.3, 0.4) is 0 Å². The molecule has 3 rings (SSSR count). The number of carbonyl (C=O) groups excluding carboxylic acids is 2. The highest BCUT2D eigenvalue weighted by Crippen LogP contribution is 2.36. The van der Waals surface area contributed by atoms with Gasteiger partial charge in [0.25, 0.3) is 5.91 Å². The minimum atomic E-state index is -0.444. The molecule has 0 bridgehead atoms. The van der Waals surface area contributed by atoms with Gasteiger partial charge in [0.1, 0.15) is 11.6 Å². The molecule has 0 saturated carbocycles. The van der Waals surface area contributed by atoms with Crippen LogP contribution in [0.4, 0.5) is 4.39 Å². The Morgan fingerprint density at radius 1 is 1.17 bits per heavy atom. The van der Waals surface area contributed by atoms with E-state index in [0.717, 1.165) is 0 Å². The highest BCUT2D eigenvalue weighted by molar-refractivity contribution is 6.30. The van der Waals surface area contributed by atoms with Gasteiger partial charge in [0, 0.05) is 35.5 Å². The van der Waals surface area contributed by atoms with Crippen molar-refractivity contribution < 1.29 is 18.7 Å². The van der Waals surface area contributed by atoms with Gasteiger partial charge < -0.3 is 15.4 Å². The maximum atomic E-state index is 13.8. The summed E-state index contributed by atoms with van der Waals surface area (Å²) in [6.45, 7) is 2.87. The van der Waals surface area contributed by atoms with Gasteiger partial charge in [-0.1, -0.05) is 17.7 Å². The monoisotopic (exact) mass is 418 g/mol. The number of rotatable bonds is 6. The Kier molecular flexibility index (Phi) is 6.42. The molecule has 1 aliphatic rings. The number of hydrogen-bond donors (Lipinski definition) is 1. The predicted octanol–water partition coefficient (Wildman–Crippen LogP) is 3.96. The zero-order valence-electron chi connectivity index (χ0n) is 16.3. The maximum Gasteiger partial charge on any atom is 0.253 e. The zero-order valence-corrected chi connectivity index (χ0v) is 17.0. The SMILES string of the molecule is Cc1ccc(C(=O)N2CCC(COc3ccc(Cl)cc3)(CC(N)=O)CC2)cc1F. The van der Waals surface area contributed by atoms with Crippen LogP contribution >= 0.6 is 11.6 Å². The number of nitrogens with zero attached hydrogens (tertiary/aromatic N) is 1. The van der Waals surface area contributed by atoms with E-state index in [-0.39, 0.29) is 12.3 Å². The minimum absolute atomic E-state index is 0.182. The van der Waals surface area contributed by atoms with Crippen molar-refractivity contribution in [3.63, 3.8) is 0 Å². The molecule has 29 heavy (non-hydrogen) atoms. The molecule has 0 radical (unpaired) electrons. The highest BCUT2D eigenvalue weighted by atomic mass is 35.5. The summed E-state index contributed by atoms with van der Waals surface area (Å²) in [5.41, 5.74) is 5.86. The van der Waals surface area contributed by atoms with Crippen LogP contribution in [0.15, 0.2) is 42.5 Å². The summed E-state index contributed by atoms with van der Waals surface area (Å²) < 4.78 is 19.7. The largest absolute Gasteiger partial charge is 0.493 e. The Labute approximate surface area is 174 Å². The van der Waals surface area contributed by atoms with Gasteiger partial charge in [-0.15, -0.1) is 0 Å². The molecule has 1 aliphatic heterocycles. The van der Waals surface area contributed by atoms with Crippen molar-refractivity contribution in [1.82, 2.24) is 4.90 Å². The third kappa shape index (κ3) is 5.26. The van der Waals surface area contributed by atoms with Crippen LogP contribution in [0.2, 0.25) is 5.02 Å². The van der Waals surface area contributed by atoms with Crippen molar-refractivity contribution in [2.24, 2.45) is 11.1 Å². The van der Waals surface area contributed by atoms with Crippen LogP contribution in [-0.2, 0) is 4.79 Å². The van der Waals surface area contributed by atoms with E-state index in [9.17, 15) is 14.0 Å². The molecule has 0 spiro atoms. The third-order valence-corrected chi connectivity index (χ3v) is 5.69. The summed E-state index contributed by atoms with van der Waals surface area (Å²) >= 11 is 5.89. The van der Waals surface area contributed by atoms with Crippen molar-refractivity contribution in [2.45, 2.75) is 26.2 Å². The topological polar surface area (TPSA) is 72.6 Å². The van der Waals surface area contributed by atoms with Crippen molar-refractivity contribution >= 4 is 23.4 Å². The van der Waals surface area contributed by atoms with Crippen LogP contribution in [0.5, 0.6) is 5.75 Å². The smallest absolute Gasteiger partial charge is 0.253 e. The van der Waals surface area contributed by atoms with Gasteiger partial charge >= 0.3 is 0 Å². The normalized spacial score (nSPS) is 15.8. The number of halogens is 2. The Morgan fingerprint density at radius 2 is 1.83 bits per heavy atom. The second-order valence-corrected chi connectivity index (χ2v) is 8.08. The number of carbonyl (C=O) groups is 2. The van der Waals surface area contributed by atoms with Crippen LogP contribution in [0, 0.1) is 18.2 Å². The van der Waals surface area contributed by atoms with Gasteiger partial charge in [-0.2, -0.15) is 0 Å². The Bertz CT molecular complexity index is 893. The summed E-state index contributed by atoms with van der Waals surface area (Å²) in [6.07, 6.45) is 1.33. The van der Waals surface area contributed by atoms with Crippen molar-refractivity contribution in [3.05, 3.63) is 64.4 Å². The van der Waals surface area contributed by atoms with Gasteiger partial charge in [-0.3, -0.25) is 9.59 Å². The molecule has 2 N–H and O–H groups in total. The number of ether oxygens (including phenoxy) is 1. The molecule has 0 aromatic heterocycles. The lowest BCUT2D eigenvalue weighted by Gasteiger charge is -2.41. The molecule has 0 unspecified atom stereocenters. The molecule has 5 nitrogen and oxygen atoms in total. The second-order valence-electron chi connectivity index (χ2n) is 7.64. The first kappa shape index (κ1) is 21.1. The van der Waals surface area contributed by atoms with E-state index >= 15 is 0 Å². The molecule has 1 heterocycles. The van der Waals surface area contributed by atoms with Crippen LogP contribution in [0.1, 0.15) is 35.2 Å². The standard InChI is InChI=1S/C22H24ClFN2O3/c1-15-2-3-16(12-19(15)24)21(28)26-10-8-22(9-11-26,13-20(25)27)14-29-18-6-4-17(23)5-7-18/h2-7,12H,8-11,13-14H2,1H3,(H2,25,27).